The van der Waals surface area contributed by atoms with Crippen molar-refractivity contribution < 1.29 is 4.74 Å². The fraction of sp³-hybridized carbons (Fsp3) is 1.00. The van der Waals surface area contributed by atoms with Gasteiger partial charge >= 0.3 is 0 Å². The highest BCUT2D eigenvalue weighted by Crippen LogP contribution is 2.25. The van der Waals surface area contributed by atoms with E-state index in [4.69, 9.17) is 4.74 Å². The van der Waals surface area contributed by atoms with Crippen molar-refractivity contribution in [3.05, 3.63) is 0 Å². The Morgan fingerprint density at radius 2 is 1.93 bits per heavy atom. The molecule has 0 heterocycles. The molecule has 2 nitrogen and oxygen atoms in total. The Morgan fingerprint density at radius 3 is 2.47 bits per heavy atom. The first-order chi connectivity index (χ1) is 7.22. The predicted octanol–water partition coefficient (Wildman–Crippen LogP) is 2.97. The van der Waals surface area contributed by atoms with E-state index in [0.29, 0.717) is 12.1 Å². The summed E-state index contributed by atoms with van der Waals surface area (Å²) in [5.41, 5.74) is 0. The monoisotopic (exact) mass is 213 g/mol. The van der Waals surface area contributed by atoms with Gasteiger partial charge in [0, 0.05) is 19.2 Å². The molecule has 0 aromatic heterocycles. The molecule has 1 unspecified atom stereocenters. The van der Waals surface area contributed by atoms with Crippen molar-refractivity contribution in [3.8, 4) is 0 Å². The summed E-state index contributed by atoms with van der Waals surface area (Å²) in [5.74, 6) is 0.845. The van der Waals surface area contributed by atoms with E-state index >= 15 is 0 Å². The van der Waals surface area contributed by atoms with Crippen molar-refractivity contribution in [2.75, 3.05) is 13.2 Å². The van der Waals surface area contributed by atoms with Crippen LogP contribution in [0.2, 0.25) is 0 Å². The summed E-state index contributed by atoms with van der Waals surface area (Å²) < 4.78 is 5.96. The van der Waals surface area contributed by atoms with Gasteiger partial charge in [0.15, 0.2) is 0 Å². The SMILES string of the molecule is CCC(CNC(C)C)OCC1CCCC1. The Hall–Kier alpha value is -0.0800. The molecule has 90 valence electrons. The normalized spacial score (nSPS) is 20.0. The second-order valence-corrected chi connectivity index (χ2v) is 5.08. The lowest BCUT2D eigenvalue weighted by Gasteiger charge is -2.20. The van der Waals surface area contributed by atoms with Gasteiger partial charge in [0.1, 0.15) is 0 Å². The molecular weight excluding hydrogens is 186 g/mol. The molecule has 0 bridgehead atoms. The molecule has 1 saturated carbocycles. The van der Waals surface area contributed by atoms with Gasteiger partial charge in [0.2, 0.25) is 0 Å². The molecule has 1 aliphatic carbocycles. The second-order valence-electron chi connectivity index (χ2n) is 5.08. The number of hydrogen-bond donors (Lipinski definition) is 1. The molecule has 2 heteroatoms. The fourth-order valence-electron chi connectivity index (χ4n) is 2.14. The highest BCUT2D eigenvalue weighted by atomic mass is 16.5. The average molecular weight is 213 g/mol. The molecule has 1 atom stereocenters. The van der Waals surface area contributed by atoms with Crippen LogP contribution in [-0.2, 0) is 4.74 Å². The van der Waals surface area contributed by atoms with Gasteiger partial charge < -0.3 is 10.1 Å². The van der Waals surface area contributed by atoms with Gasteiger partial charge in [-0.2, -0.15) is 0 Å². The number of ether oxygens (including phenoxy) is 1. The lowest BCUT2D eigenvalue weighted by molar-refractivity contribution is 0.0274. The molecule has 0 aromatic rings. The van der Waals surface area contributed by atoms with Gasteiger partial charge in [0.25, 0.3) is 0 Å². The van der Waals surface area contributed by atoms with Gasteiger partial charge in [-0.25, -0.2) is 0 Å². The van der Waals surface area contributed by atoms with E-state index in [0.717, 1.165) is 25.5 Å². The Kier molecular flexibility index (Phi) is 6.26. The van der Waals surface area contributed by atoms with Crippen LogP contribution in [0.25, 0.3) is 0 Å². The zero-order valence-corrected chi connectivity index (χ0v) is 10.6. The third-order valence-corrected chi connectivity index (χ3v) is 3.25. The Bertz CT molecular complexity index is 153. The van der Waals surface area contributed by atoms with E-state index in [2.05, 4.69) is 26.1 Å². The maximum atomic E-state index is 5.96. The van der Waals surface area contributed by atoms with Crippen molar-refractivity contribution in [2.45, 2.75) is 65.0 Å². The summed E-state index contributed by atoms with van der Waals surface area (Å²) in [6, 6.07) is 0.564. The van der Waals surface area contributed by atoms with Crippen LogP contribution in [-0.4, -0.2) is 25.3 Å². The third kappa shape index (κ3) is 5.53. The van der Waals surface area contributed by atoms with Gasteiger partial charge in [-0.1, -0.05) is 33.6 Å². The third-order valence-electron chi connectivity index (χ3n) is 3.25. The van der Waals surface area contributed by atoms with Gasteiger partial charge in [-0.15, -0.1) is 0 Å². The smallest absolute Gasteiger partial charge is 0.0697 e. The minimum atomic E-state index is 0.410. The molecule has 0 amide bonds. The quantitative estimate of drug-likeness (QED) is 0.702. The van der Waals surface area contributed by atoms with Crippen LogP contribution < -0.4 is 5.32 Å². The summed E-state index contributed by atoms with van der Waals surface area (Å²) in [6.07, 6.45) is 7.12. The Labute approximate surface area is 94.8 Å². The summed E-state index contributed by atoms with van der Waals surface area (Å²) >= 11 is 0. The molecule has 1 rings (SSSR count). The van der Waals surface area contributed by atoms with Crippen LogP contribution in [0.4, 0.5) is 0 Å². The van der Waals surface area contributed by atoms with E-state index in [9.17, 15) is 0 Å². The summed E-state index contributed by atoms with van der Waals surface area (Å²) in [6.45, 7) is 8.56. The van der Waals surface area contributed by atoms with Crippen molar-refractivity contribution in [1.29, 1.82) is 0 Å². The van der Waals surface area contributed by atoms with E-state index in [-0.39, 0.29) is 0 Å². The molecule has 0 spiro atoms. The molecule has 0 aliphatic heterocycles. The molecular formula is C13H27NO. The predicted molar refractivity (Wildman–Crippen MR) is 65.1 cm³/mol. The van der Waals surface area contributed by atoms with Crippen LogP contribution in [0.5, 0.6) is 0 Å². The first-order valence-electron chi connectivity index (χ1n) is 6.57. The van der Waals surface area contributed by atoms with Crippen molar-refractivity contribution in [2.24, 2.45) is 5.92 Å². The maximum absolute atomic E-state index is 5.96. The lowest BCUT2D eigenvalue weighted by atomic mass is 10.1. The fourth-order valence-corrected chi connectivity index (χ4v) is 2.14. The largest absolute Gasteiger partial charge is 0.377 e. The first-order valence-corrected chi connectivity index (χ1v) is 6.57. The summed E-state index contributed by atoms with van der Waals surface area (Å²) in [7, 11) is 0. The Morgan fingerprint density at radius 1 is 1.27 bits per heavy atom. The zero-order valence-electron chi connectivity index (χ0n) is 10.6. The zero-order chi connectivity index (χ0) is 11.1. The van der Waals surface area contributed by atoms with Gasteiger partial charge in [-0.05, 0) is 25.2 Å². The van der Waals surface area contributed by atoms with Crippen LogP contribution in [0.15, 0.2) is 0 Å². The van der Waals surface area contributed by atoms with E-state index in [1.807, 2.05) is 0 Å². The second kappa shape index (κ2) is 7.24. The minimum Gasteiger partial charge on any atom is -0.377 e. The van der Waals surface area contributed by atoms with E-state index in [1.165, 1.54) is 25.7 Å². The maximum Gasteiger partial charge on any atom is 0.0697 e. The lowest BCUT2D eigenvalue weighted by Crippen LogP contribution is -2.34. The van der Waals surface area contributed by atoms with Crippen molar-refractivity contribution in [3.63, 3.8) is 0 Å². The van der Waals surface area contributed by atoms with Crippen LogP contribution in [0.3, 0.4) is 0 Å². The molecule has 0 saturated heterocycles. The molecule has 1 fully saturated rings. The number of hydrogen-bond acceptors (Lipinski definition) is 2. The Balaban J connectivity index is 2.09. The molecule has 1 N–H and O–H groups in total. The van der Waals surface area contributed by atoms with Crippen molar-refractivity contribution >= 4 is 0 Å². The summed E-state index contributed by atoms with van der Waals surface area (Å²) in [4.78, 5) is 0. The van der Waals surface area contributed by atoms with Crippen LogP contribution in [0.1, 0.15) is 52.9 Å². The van der Waals surface area contributed by atoms with E-state index in [1.54, 1.807) is 0 Å². The highest BCUT2D eigenvalue weighted by Gasteiger charge is 2.17. The number of nitrogens with one attached hydrogen (secondary N) is 1. The molecule has 15 heavy (non-hydrogen) atoms. The molecule has 0 aromatic carbocycles. The first kappa shape index (κ1) is 13.0. The molecule has 0 radical (unpaired) electrons. The van der Waals surface area contributed by atoms with Gasteiger partial charge in [-0.3, -0.25) is 0 Å². The van der Waals surface area contributed by atoms with E-state index < -0.39 is 0 Å². The minimum absolute atomic E-state index is 0.410. The van der Waals surface area contributed by atoms with Crippen LogP contribution >= 0.6 is 0 Å². The molecule has 1 aliphatic rings. The standard InChI is InChI=1S/C13H27NO/c1-4-13(9-14-11(2)3)15-10-12-7-5-6-8-12/h11-14H,4-10H2,1-3H3. The van der Waals surface area contributed by atoms with Crippen molar-refractivity contribution in [1.82, 2.24) is 5.32 Å². The average Bonchev–Trinajstić information content (AvgIpc) is 2.70. The highest BCUT2D eigenvalue weighted by molar-refractivity contribution is 4.68. The number of rotatable bonds is 7. The van der Waals surface area contributed by atoms with Gasteiger partial charge in [0.05, 0.1) is 6.10 Å². The van der Waals surface area contributed by atoms with Crippen LogP contribution in [0, 0.1) is 5.92 Å². The topological polar surface area (TPSA) is 21.3 Å². The summed E-state index contributed by atoms with van der Waals surface area (Å²) in [5, 5.41) is 3.45.